The molecule has 0 bridgehead atoms. The summed E-state index contributed by atoms with van der Waals surface area (Å²) in [5.41, 5.74) is 0.998. The number of aryl methyl sites for hydroxylation is 1. The van der Waals surface area contributed by atoms with Crippen LogP contribution >= 0.6 is 0 Å². The molecule has 0 saturated carbocycles. The monoisotopic (exact) mass is 251 g/mol. The van der Waals surface area contributed by atoms with Crippen LogP contribution in [0.2, 0.25) is 0 Å². The number of carbonyl (C=O) groups is 2. The van der Waals surface area contributed by atoms with Gasteiger partial charge in [-0.25, -0.2) is 0 Å². The number of furan rings is 1. The topological polar surface area (TPSA) is 70.8 Å². The van der Waals surface area contributed by atoms with Gasteiger partial charge in [0.1, 0.15) is 0 Å². The van der Waals surface area contributed by atoms with Crippen LogP contribution < -0.4 is 0 Å². The lowest BCUT2D eigenvalue weighted by atomic mass is 10.1. The second-order valence-corrected chi connectivity index (χ2v) is 4.61. The summed E-state index contributed by atoms with van der Waals surface area (Å²) in [4.78, 5) is 24.5. The second kappa shape index (κ2) is 5.71. The smallest absolute Gasteiger partial charge is 0.305 e. The Balaban J connectivity index is 1.85. The highest BCUT2D eigenvalue weighted by atomic mass is 16.4. The molecule has 1 atom stereocenters. The van der Waals surface area contributed by atoms with E-state index in [0.717, 1.165) is 18.4 Å². The Bertz CT molecular complexity index is 413. The van der Waals surface area contributed by atoms with Gasteiger partial charge in [-0.1, -0.05) is 0 Å². The standard InChI is InChI=1S/C13H17NO4/c15-12(4-3-10-5-7-18-9-10)14-6-1-2-11(14)8-13(16)17/h5,7,9,11H,1-4,6,8H2,(H,16,17). The van der Waals surface area contributed by atoms with Crippen molar-refractivity contribution in [2.45, 2.75) is 38.1 Å². The molecule has 1 unspecified atom stereocenters. The Morgan fingerprint density at radius 1 is 1.50 bits per heavy atom. The molecule has 1 aliphatic heterocycles. The molecule has 1 aromatic rings. The van der Waals surface area contributed by atoms with Crippen molar-refractivity contribution in [1.82, 2.24) is 4.90 Å². The van der Waals surface area contributed by atoms with E-state index in [1.807, 2.05) is 6.07 Å². The van der Waals surface area contributed by atoms with Crippen molar-refractivity contribution in [3.8, 4) is 0 Å². The minimum absolute atomic E-state index is 0.0416. The summed E-state index contributed by atoms with van der Waals surface area (Å²) in [6, 6.07) is 1.71. The van der Waals surface area contributed by atoms with Crippen LogP contribution in [0.3, 0.4) is 0 Å². The highest BCUT2D eigenvalue weighted by Gasteiger charge is 2.29. The fraction of sp³-hybridized carbons (Fsp3) is 0.538. The Kier molecular flexibility index (Phi) is 4.02. The number of rotatable bonds is 5. The summed E-state index contributed by atoms with van der Waals surface area (Å²) in [5.74, 6) is -0.797. The summed E-state index contributed by atoms with van der Waals surface area (Å²) in [6.45, 7) is 0.683. The predicted molar refractivity (Wildman–Crippen MR) is 64.0 cm³/mol. The molecule has 0 radical (unpaired) electrons. The molecular weight excluding hydrogens is 234 g/mol. The van der Waals surface area contributed by atoms with Gasteiger partial charge in [-0.15, -0.1) is 0 Å². The van der Waals surface area contributed by atoms with Crippen molar-refractivity contribution in [2.75, 3.05) is 6.54 Å². The average Bonchev–Trinajstić information content (AvgIpc) is 2.95. The van der Waals surface area contributed by atoms with E-state index in [1.54, 1.807) is 17.4 Å². The lowest BCUT2D eigenvalue weighted by Crippen LogP contribution is -2.36. The second-order valence-electron chi connectivity index (χ2n) is 4.61. The minimum atomic E-state index is -0.838. The van der Waals surface area contributed by atoms with E-state index in [-0.39, 0.29) is 18.4 Å². The van der Waals surface area contributed by atoms with Gasteiger partial charge in [-0.3, -0.25) is 9.59 Å². The van der Waals surface area contributed by atoms with Gasteiger partial charge in [-0.2, -0.15) is 0 Å². The first-order valence-corrected chi connectivity index (χ1v) is 6.19. The quantitative estimate of drug-likeness (QED) is 0.864. The van der Waals surface area contributed by atoms with Gasteiger partial charge in [0.15, 0.2) is 0 Å². The molecule has 2 heterocycles. The predicted octanol–water partition coefficient (Wildman–Crippen LogP) is 1.68. The van der Waals surface area contributed by atoms with Crippen LogP contribution in [0.25, 0.3) is 0 Å². The maximum absolute atomic E-state index is 12.0. The van der Waals surface area contributed by atoms with Gasteiger partial charge in [0, 0.05) is 19.0 Å². The number of aliphatic carboxylic acids is 1. The van der Waals surface area contributed by atoms with Crippen LogP contribution in [-0.2, 0) is 16.0 Å². The highest BCUT2D eigenvalue weighted by Crippen LogP contribution is 2.21. The van der Waals surface area contributed by atoms with Gasteiger partial charge in [0.25, 0.3) is 0 Å². The van der Waals surface area contributed by atoms with Crippen molar-refractivity contribution < 1.29 is 19.1 Å². The van der Waals surface area contributed by atoms with Crippen molar-refractivity contribution in [3.63, 3.8) is 0 Å². The minimum Gasteiger partial charge on any atom is -0.481 e. The average molecular weight is 251 g/mol. The van der Waals surface area contributed by atoms with E-state index >= 15 is 0 Å². The number of carboxylic acids is 1. The number of carboxylic acid groups (broad SMARTS) is 1. The molecule has 0 spiro atoms. The van der Waals surface area contributed by atoms with Crippen LogP contribution in [0.15, 0.2) is 23.0 Å². The third-order valence-corrected chi connectivity index (χ3v) is 3.32. The zero-order valence-electron chi connectivity index (χ0n) is 10.2. The Morgan fingerprint density at radius 2 is 2.33 bits per heavy atom. The van der Waals surface area contributed by atoms with Crippen LogP contribution in [0.1, 0.15) is 31.2 Å². The zero-order valence-corrected chi connectivity index (χ0v) is 10.2. The first-order chi connectivity index (χ1) is 8.66. The van der Waals surface area contributed by atoms with Crippen LogP contribution in [-0.4, -0.2) is 34.5 Å². The molecule has 5 heteroatoms. The maximum atomic E-state index is 12.0. The molecule has 2 rings (SSSR count). The summed E-state index contributed by atoms with van der Waals surface area (Å²) in [7, 11) is 0. The molecule has 98 valence electrons. The molecule has 18 heavy (non-hydrogen) atoms. The Labute approximate surface area is 105 Å². The van der Waals surface area contributed by atoms with Crippen LogP contribution in [0.5, 0.6) is 0 Å². The van der Waals surface area contributed by atoms with E-state index in [2.05, 4.69) is 0 Å². The molecule has 1 amide bonds. The highest BCUT2D eigenvalue weighted by molar-refractivity contribution is 5.78. The van der Waals surface area contributed by atoms with Gasteiger partial charge >= 0.3 is 5.97 Å². The van der Waals surface area contributed by atoms with Crippen molar-refractivity contribution in [1.29, 1.82) is 0 Å². The van der Waals surface area contributed by atoms with Gasteiger partial charge < -0.3 is 14.4 Å². The molecule has 1 fully saturated rings. The lowest BCUT2D eigenvalue weighted by molar-refractivity contribution is -0.139. The van der Waals surface area contributed by atoms with E-state index in [4.69, 9.17) is 9.52 Å². The van der Waals surface area contributed by atoms with Crippen LogP contribution in [0, 0.1) is 0 Å². The molecule has 1 aromatic heterocycles. The molecule has 5 nitrogen and oxygen atoms in total. The molecule has 1 aliphatic rings. The number of likely N-dealkylation sites (tertiary alicyclic amines) is 1. The molecular formula is C13H17NO4. The largest absolute Gasteiger partial charge is 0.481 e. The summed E-state index contributed by atoms with van der Waals surface area (Å²) >= 11 is 0. The van der Waals surface area contributed by atoms with E-state index in [0.29, 0.717) is 19.4 Å². The maximum Gasteiger partial charge on any atom is 0.305 e. The Morgan fingerprint density at radius 3 is 3.00 bits per heavy atom. The number of hydrogen-bond acceptors (Lipinski definition) is 3. The normalized spacial score (nSPS) is 19.1. The van der Waals surface area contributed by atoms with E-state index < -0.39 is 5.97 Å². The Hall–Kier alpha value is -1.78. The summed E-state index contributed by atoms with van der Waals surface area (Å²) < 4.78 is 4.94. The van der Waals surface area contributed by atoms with Gasteiger partial charge in [0.05, 0.1) is 18.9 Å². The number of hydrogen-bond donors (Lipinski definition) is 1. The van der Waals surface area contributed by atoms with Crippen LogP contribution in [0.4, 0.5) is 0 Å². The summed E-state index contributed by atoms with van der Waals surface area (Å²) in [5, 5.41) is 8.80. The van der Waals surface area contributed by atoms with Gasteiger partial charge in [0.2, 0.25) is 5.91 Å². The van der Waals surface area contributed by atoms with E-state index in [1.165, 1.54) is 0 Å². The molecule has 0 aromatic carbocycles. The van der Waals surface area contributed by atoms with E-state index in [9.17, 15) is 9.59 Å². The zero-order chi connectivity index (χ0) is 13.0. The fourth-order valence-corrected chi connectivity index (χ4v) is 2.41. The SMILES string of the molecule is O=C(O)CC1CCCN1C(=O)CCc1ccoc1. The molecule has 1 N–H and O–H groups in total. The third-order valence-electron chi connectivity index (χ3n) is 3.32. The number of carbonyl (C=O) groups excluding carboxylic acids is 1. The number of nitrogens with zero attached hydrogens (tertiary/aromatic N) is 1. The van der Waals surface area contributed by atoms with Crippen molar-refractivity contribution in [2.24, 2.45) is 0 Å². The van der Waals surface area contributed by atoms with Gasteiger partial charge in [-0.05, 0) is 30.9 Å². The number of amides is 1. The third kappa shape index (κ3) is 3.12. The van der Waals surface area contributed by atoms with Crippen molar-refractivity contribution >= 4 is 11.9 Å². The first-order valence-electron chi connectivity index (χ1n) is 6.19. The first kappa shape index (κ1) is 12.7. The molecule has 1 saturated heterocycles. The lowest BCUT2D eigenvalue weighted by Gasteiger charge is -2.23. The molecule has 0 aliphatic carbocycles. The summed E-state index contributed by atoms with van der Waals surface area (Å²) in [6.07, 6.45) is 6.02. The van der Waals surface area contributed by atoms with Crippen molar-refractivity contribution in [3.05, 3.63) is 24.2 Å². The fourth-order valence-electron chi connectivity index (χ4n) is 2.41.